The Hall–Kier alpha value is -2.25. The third-order valence-electron chi connectivity index (χ3n) is 5.80. The van der Waals surface area contributed by atoms with Crippen LogP contribution in [0.2, 0.25) is 0 Å². The first kappa shape index (κ1) is 24.4. The third kappa shape index (κ3) is 7.14. The van der Waals surface area contributed by atoms with Crippen LogP contribution in [0.5, 0.6) is 0 Å². The van der Waals surface area contributed by atoms with Crippen LogP contribution in [0.3, 0.4) is 0 Å². The fraction of sp³-hybridized carbons (Fsp3) is 0.520. The van der Waals surface area contributed by atoms with Gasteiger partial charge >= 0.3 is 0 Å². The van der Waals surface area contributed by atoms with Crippen LogP contribution >= 0.6 is 11.3 Å². The minimum Gasteiger partial charge on any atom is -0.382 e. The van der Waals surface area contributed by atoms with E-state index < -0.39 is 0 Å². The van der Waals surface area contributed by atoms with Crippen molar-refractivity contribution in [3.8, 4) is 0 Å². The summed E-state index contributed by atoms with van der Waals surface area (Å²) in [7, 11) is 0. The van der Waals surface area contributed by atoms with Gasteiger partial charge in [0.05, 0.1) is 13.1 Å². The number of ether oxygens (including phenoxy) is 1. The maximum Gasteiger partial charge on any atom is 0.242 e. The maximum absolute atomic E-state index is 13.4. The zero-order valence-corrected chi connectivity index (χ0v) is 19.8. The van der Waals surface area contributed by atoms with Crippen LogP contribution in [0, 0.1) is 18.7 Å². The van der Waals surface area contributed by atoms with E-state index in [0.29, 0.717) is 39.3 Å². The quantitative estimate of drug-likeness (QED) is 0.428. The number of thiophene rings is 1. The fourth-order valence-electron chi connectivity index (χ4n) is 3.75. The zero-order chi connectivity index (χ0) is 22.9. The van der Waals surface area contributed by atoms with Crippen LogP contribution < -0.4 is 0 Å². The van der Waals surface area contributed by atoms with Crippen molar-refractivity contribution in [2.75, 3.05) is 26.3 Å². The van der Waals surface area contributed by atoms with Crippen LogP contribution in [0.15, 0.2) is 36.4 Å². The first-order valence-corrected chi connectivity index (χ1v) is 12.2. The summed E-state index contributed by atoms with van der Waals surface area (Å²) >= 11 is 1.66. The molecule has 1 aromatic heterocycles. The normalized spacial score (nSPS) is 13.6. The first-order valence-electron chi connectivity index (χ1n) is 11.4. The lowest BCUT2D eigenvalue weighted by atomic mass is 9.84. The standard InChI is InChI=1S/C25H33FN2O3S/c1-3-31-15-5-14-27(25(30)21-6-4-7-21)18-24(29)28(17-23-13-8-19(2)32-23)16-20-9-11-22(26)12-10-20/h8-13,21H,3-7,14-18H2,1-2H3. The number of nitrogens with zero attached hydrogens (tertiary/aromatic N) is 2. The molecule has 1 saturated carbocycles. The van der Waals surface area contributed by atoms with Crippen molar-refractivity contribution in [1.82, 2.24) is 9.80 Å². The summed E-state index contributed by atoms with van der Waals surface area (Å²) in [6.45, 7) is 6.63. The molecule has 1 fully saturated rings. The predicted octanol–water partition coefficient (Wildman–Crippen LogP) is 4.78. The predicted molar refractivity (Wildman–Crippen MR) is 125 cm³/mol. The average molecular weight is 461 g/mol. The Labute approximate surface area is 194 Å². The highest BCUT2D eigenvalue weighted by Crippen LogP contribution is 2.28. The Morgan fingerprint density at radius 1 is 1.09 bits per heavy atom. The molecule has 0 bridgehead atoms. The number of rotatable bonds is 12. The third-order valence-corrected chi connectivity index (χ3v) is 6.78. The van der Waals surface area contributed by atoms with Gasteiger partial charge in [-0.1, -0.05) is 18.6 Å². The summed E-state index contributed by atoms with van der Waals surface area (Å²) in [4.78, 5) is 32.1. The summed E-state index contributed by atoms with van der Waals surface area (Å²) in [6.07, 6.45) is 3.60. The number of benzene rings is 1. The smallest absolute Gasteiger partial charge is 0.242 e. The average Bonchev–Trinajstić information content (AvgIpc) is 3.14. The molecule has 5 nitrogen and oxygen atoms in total. The van der Waals surface area contributed by atoms with Crippen LogP contribution in [0.1, 0.15) is 47.9 Å². The molecule has 2 amide bonds. The van der Waals surface area contributed by atoms with Gasteiger partial charge in [-0.05, 0) is 62.9 Å². The van der Waals surface area contributed by atoms with Gasteiger partial charge in [0.25, 0.3) is 0 Å². The number of carbonyl (C=O) groups excluding carboxylic acids is 2. The highest BCUT2D eigenvalue weighted by molar-refractivity contribution is 7.11. The molecule has 7 heteroatoms. The Kier molecular flexibility index (Phi) is 9.23. The van der Waals surface area contributed by atoms with Crippen LogP contribution in [-0.4, -0.2) is 47.9 Å². The second-order valence-corrected chi connectivity index (χ2v) is 9.70. The van der Waals surface area contributed by atoms with Gasteiger partial charge in [0.2, 0.25) is 11.8 Å². The number of hydrogen-bond donors (Lipinski definition) is 0. The van der Waals surface area contributed by atoms with Gasteiger partial charge in [0, 0.05) is 42.0 Å². The van der Waals surface area contributed by atoms with Crippen molar-refractivity contribution in [2.24, 2.45) is 5.92 Å². The summed E-state index contributed by atoms with van der Waals surface area (Å²) in [5.74, 6) is -0.272. The van der Waals surface area contributed by atoms with Crippen molar-refractivity contribution >= 4 is 23.2 Å². The van der Waals surface area contributed by atoms with Crippen LogP contribution in [0.25, 0.3) is 0 Å². The summed E-state index contributed by atoms with van der Waals surface area (Å²) in [6, 6.07) is 10.3. The highest BCUT2D eigenvalue weighted by Gasteiger charge is 2.31. The zero-order valence-electron chi connectivity index (χ0n) is 19.0. The molecule has 2 aromatic rings. The Morgan fingerprint density at radius 3 is 2.44 bits per heavy atom. The molecule has 0 saturated heterocycles. The maximum atomic E-state index is 13.4. The molecular formula is C25H33FN2O3S. The molecule has 1 heterocycles. The van der Waals surface area contributed by atoms with Crippen LogP contribution in [-0.2, 0) is 27.4 Å². The largest absolute Gasteiger partial charge is 0.382 e. The monoisotopic (exact) mass is 460 g/mol. The Morgan fingerprint density at radius 2 is 1.84 bits per heavy atom. The molecule has 0 unspecified atom stereocenters. The first-order chi connectivity index (χ1) is 15.5. The van der Waals surface area contributed by atoms with Gasteiger partial charge in [0.1, 0.15) is 5.82 Å². The van der Waals surface area contributed by atoms with Crippen molar-refractivity contribution in [1.29, 1.82) is 0 Å². The second kappa shape index (κ2) is 12.1. The van der Waals surface area contributed by atoms with Gasteiger partial charge in [-0.2, -0.15) is 0 Å². The summed E-state index contributed by atoms with van der Waals surface area (Å²) in [5, 5.41) is 0. The molecule has 1 aromatic carbocycles. The van der Waals surface area contributed by atoms with Gasteiger partial charge in [-0.15, -0.1) is 11.3 Å². The van der Waals surface area contributed by atoms with Crippen molar-refractivity contribution in [3.05, 3.63) is 57.5 Å². The fourth-order valence-corrected chi connectivity index (χ4v) is 4.65. The summed E-state index contributed by atoms with van der Waals surface area (Å²) < 4.78 is 18.8. The van der Waals surface area contributed by atoms with E-state index in [4.69, 9.17) is 4.74 Å². The summed E-state index contributed by atoms with van der Waals surface area (Å²) in [5.41, 5.74) is 0.862. The van der Waals surface area contributed by atoms with Gasteiger partial charge < -0.3 is 14.5 Å². The molecule has 0 radical (unpaired) electrons. The topological polar surface area (TPSA) is 49.9 Å². The highest BCUT2D eigenvalue weighted by atomic mass is 32.1. The number of hydrogen-bond acceptors (Lipinski definition) is 4. The molecule has 1 aliphatic carbocycles. The molecule has 0 spiro atoms. The van der Waals surface area contributed by atoms with E-state index >= 15 is 0 Å². The Balaban J connectivity index is 1.71. The van der Waals surface area contributed by atoms with Gasteiger partial charge in [-0.3, -0.25) is 9.59 Å². The minimum atomic E-state index is -0.299. The molecular weight excluding hydrogens is 427 g/mol. The van der Waals surface area contributed by atoms with Crippen LogP contribution in [0.4, 0.5) is 4.39 Å². The minimum absolute atomic E-state index is 0.0420. The molecule has 174 valence electrons. The van der Waals surface area contributed by atoms with E-state index in [0.717, 1.165) is 29.7 Å². The van der Waals surface area contributed by atoms with E-state index in [-0.39, 0.29) is 30.1 Å². The molecule has 0 aliphatic heterocycles. The van der Waals surface area contributed by atoms with Gasteiger partial charge in [0.15, 0.2) is 0 Å². The lowest BCUT2D eigenvalue weighted by molar-refractivity contribution is -0.145. The number of halogens is 1. The molecule has 32 heavy (non-hydrogen) atoms. The number of aryl methyl sites for hydroxylation is 1. The second-order valence-electron chi connectivity index (χ2n) is 8.33. The van der Waals surface area contributed by atoms with E-state index in [1.807, 2.05) is 26.0 Å². The number of carbonyl (C=O) groups is 2. The van der Waals surface area contributed by atoms with E-state index in [9.17, 15) is 14.0 Å². The molecule has 0 atom stereocenters. The van der Waals surface area contributed by atoms with Crippen molar-refractivity contribution in [3.63, 3.8) is 0 Å². The molecule has 0 N–H and O–H groups in total. The lowest BCUT2D eigenvalue weighted by Gasteiger charge is -2.33. The molecule has 3 rings (SSSR count). The Bertz CT molecular complexity index is 880. The number of amides is 2. The van der Waals surface area contributed by atoms with Crippen molar-refractivity contribution in [2.45, 2.75) is 52.6 Å². The lowest BCUT2D eigenvalue weighted by Crippen LogP contribution is -2.46. The van der Waals surface area contributed by atoms with Crippen molar-refractivity contribution < 1.29 is 18.7 Å². The van der Waals surface area contributed by atoms with E-state index in [1.54, 1.807) is 33.3 Å². The SMILES string of the molecule is CCOCCCN(CC(=O)N(Cc1ccc(F)cc1)Cc1ccc(C)s1)C(=O)C1CCC1. The van der Waals surface area contributed by atoms with E-state index in [1.165, 1.54) is 17.0 Å². The van der Waals surface area contributed by atoms with Gasteiger partial charge in [-0.25, -0.2) is 4.39 Å². The molecule has 1 aliphatic rings. The van der Waals surface area contributed by atoms with E-state index in [2.05, 4.69) is 0 Å².